The molecule has 0 amide bonds. The van der Waals surface area contributed by atoms with E-state index >= 15 is 0 Å². The lowest BCUT2D eigenvalue weighted by molar-refractivity contribution is -0.138. The Morgan fingerprint density at radius 2 is 1.28 bits per heavy atom. The van der Waals surface area contributed by atoms with Gasteiger partial charge in [0, 0.05) is 6.55 Å². The Balaban J connectivity index is 4.98. The van der Waals surface area contributed by atoms with Crippen LogP contribution in [0, 0.1) is 0 Å². The minimum absolute atomic E-state index is 0.458. The van der Waals surface area contributed by atoms with Gasteiger partial charge in [0.1, 0.15) is 0 Å². The zero-order valence-corrected chi connectivity index (χ0v) is 15.8. The van der Waals surface area contributed by atoms with Crippen LogP contribution in [0.5, 0.6) is 0 Å². The number of nitrogens with two attached hydrogens (primary N) is 1. The van der Waals surface area contributed by atoms with Crippen molar-refractivity contribution in [2.75, 3.05) is 0 Å². The van der Waals surface area contributed by atoms with Crippen LogP contribution in [0.2, 0.25) is 45.8 Å². The summed E-state index contributed by atoms with van der Waals surface area (Å²) in [4.78, 5) is 11.7. The van der Waals surface area contributed by atoms with Crippen molar-refractivity contribution in [1.82, 2.24) is 0 Å². The third kappa shape index (κ3) is 8.16. The molecule has 0 bridgehead atoms. The van der Waals surface area contributed by atoms with Crippen molar-refractivity contribution in [2.24, 2.45) is 5.73 Å². The van der Waals surface area contributed by atoms with Crippen molar-refractivity contribution in [2.45, 2.75) is 58.8 Å². The Labute approximate surface area is 114 Å². The predicted molar refractivity (Wildman–Crippen MR) is 80.2 cm³/mol. The first kappa shape index (κ1) is 18.0. The summed E-state index contributed by atoms with van der Waals surface area (Å²) in [7, 11) is -6.66. The lowest BCUT2D eigenvalue weighted by atomic mass is 10.4. The maximum atomic E-state index is 11.7. The molecule has 0 radical (unpaired) electrons. The van der Waals surface area contributed by atoms with E-state index in [0.29, 0.717) is 0 Å². The largest absolute Gasteiger partial charge is 0.543 e. The Morgan fingerprint density at radius 1 is 0.944 bits per heavy atom. The number of carbonyl (C=O) groups is 1. The molecular formula is C10H27NO4Si3. The predicted octanol–water partition coefficient (Wildman–Crippen LogP) is 2.15. The normalized spacial score (nSPS) is 15.4. The second kappa shape index (κ2) is 5.97. The quantitative estimate of drug-likeness (QED) is 0.761. The molecule has 108 valence electrons. The molecule has 0 unspecified atom stereocenters. The lowest BCUT2D eigenvalue weighted by Gasteiger charge is -2.36. The van der Waals surface area contributed by atoms with Gasteiger partial charge >= 0.3 is 14.8 Å². The molecule has 0 saturated heterocycles. The number of rotatable bonds is 6. The fourth-order valence-corrected chi connectivity index (χ4v) is 11.8. The Kier molecular flexibility index (Phi) is 5.97. The maximum absolute atomic E-state index is 11.7. The van der Waals surface area contributed by atoms with E-state index in [1.165, 1.54) is 0 Å². The van der Waals surface area contributed by atoms with E-state index in [4.69, 9.17) is 18.4 Å². The standard InChI is InChI=1S/C10H27NO4Si3/c1-9(11)10(12)13-18(8,14-16(2,3)4)15-17(5,6)7/h9H,11H2,1-8H3/t9-/m0/s1. The van der Waals surface area contributed by atoms with Gasteiger partial charge in [-0.1, -0.05) is 0 Å². The zero-order valence-electron chi connectivity index (χ0n) is 12.8. The van der Waals surface area contributed by atoms with Crippen LogP contribution in [0.1, 0.15) is 6.92 Å². The monoisotopic (exact) mass is 309 g/mol. The molecule has 5 nitrogen and oxygen atoms in total. The summed E-state index contributed by atoms with van der Waals surface area (Å²) in [5.74, 6) is -0.458. The van der Waals surface area contributed by atoms with Crippen molar-refractivity contribution in [3.63, 3.8) is 0 Å². The summed E-state index contributed by atoms with van der Waals surface area (Å²) in [5.41, 5.74) is 5.53. The van der Waals surface area contributed by atoms with Crippen LogP contribution in [-0.2, 0) is 17.5 Å². The van der Waals surface area contributed by atoms with E-state index in [0.717, 1.165) is 0 Å². The van der Waals surface area contributed by atoms with Crippen molar-refractivity contribution < 1.29 is 17.5 Å². The highest BCUT2D eigenvalue weighted by Crippen LogP contribution is 2.22. The topological polar surface area (TPSA) is 70.8 Å². The molecular weight excluding hydrogens is 282 g/mol. The van der Waals surface area contributed by atoms with E-state index in [-0.39, 0.29) is 0 Å². The van der Waals surface area contributed by atoms with Crippen LogP contribution in [0.25, 0.3) is 0 Å². The molecule has 0 saturated carbocycles. The molecule has 0 aliphatic carbocycles. The van der Waals surface area contributed by atoms with Crippen molar-refractivity contribution in [1.29, 1.82) is 0 Å². The average Bonchev–Trinajstić information content (AvgIpc) is 1.93. The summed E-state index contributed by atoms with van der Waals surface area (Å²) in [6.07, 6.45) is 0. The van der Waals surface area contributed by atoms with Gasteiger partial charge in [-0.05, 0) is 46.2 Å². The third-order valence-corrected chi connectivity index (χ3v) is 10.1. The third-order valence-electron chi connectivity index (χ3n) is 1.64. The zero-order chi connectivity index (χ0) is 14.8. The van der Waals surface area contributed by atoms with E-state index in [1.807, 2.05) is 39.3 Å². The van der Waals surface area contributed by atoms with E-state index < -0.39 is 37.5 Å². The Bertz CT molecular complexity index is 280. The number of hydrogen-bond acceptors (Lipinski definition) is 5. The molecule has 0 aromatic rings. The minimum Gasteiger partial charge on any atom is -0.473 e. The van der Waals surface area contributed by atoms with Crippen LogP contribution < -0.4 is 5.73 Å². The summed E-state index contributed by atoms with van der Waals surface area (Å²) in [6.45, 7) is 15.7. The van der Waals surface area contributed by atoms with E-state index in [2.05, 4.69) is 0 Å². The first-order valence-corrected chi connectivity index (χ1v) is 15.2. The van der Waals surface area contributed by atoms with Crippen molar-refractivity contribution in [3.8, 4) is 0 Å². The Hall–Kier alpha value is 0.000649. The van der Waals surface area contributed by atoms with Crippen LogP contribution in [0.15, 0.2) is 0 Å². The fourth-order valence-electron chi connectivity index (χ4n) is 1.45. The van der Waals surface area contributed by atoms with Crippen LogP contribution in [0.4, 0.5) is 0 Å². The molecule has 0 spiro atoms. The van der Waals surface area contributed by atoms with Gasteiger partial charge in [0.2, 0.25) is 0 Å². The van der Waals surface area contributed by atoms with Crippen molar-refractivity contribution >= 4 is 31.4 Å². The lowest BCUT2D eigenvalue weighted by Crippen LogP contribution is -2.56. The molecule has 0 heterocycles. The molecule has 0 rings (SSSR count). The van der Waals surface area contributed by atoms with Gasteiger partial charge < -0.3 is 18.4 Å². The molecule has 0 aliphatic heterocycles. The van der Waals surface area contributed by atoms with Crippen LogP contribution in [0.3, 0.4) is 0 Å². The summed E-state index contributed by atoms with van der Waals surface area (Å²) < 4.78 is 17.5. The second-order valence-electron chi connectivity index (χ2n) is 6.50. The molecule has 0 fully saturated rings. The Morgan fingerprint density at radius 3 is 1.50 bits per heavy atom. The molecule has 8 heteroatoms. The molecule has 18 heavy (non-hydrogen) atoms. The molecule has 2 N–H and O–H groups in total. The van der Waals surface area contributed by atoms with Crippen molar-refractivity contribution in [3.05, 3.63) is 0 Å². The van der Waals surface area contributed by atoms with Gasteiger partial charge in [-0.25, -0.2) is 0 Å². The van der Waals surface area contributed by atoms with Gasteiger partial charge in [-0.15, -0.1) is 0 Å². The summed E-state index contributed by atoms with van der Waals surface area (Å²) in [5, 5.41) is 0. The van der Waals surface area contributed by atoms with E-state index in [1.54, 1.807) is 13.5 Å². The first-order chi connectivity index (χ1) is 7.74. The van der Waals surface area contributed by atoms with Crippen LogP contribution in [-0.4, -0.2) is 37.5 Å². The van der Waals surface area contributed by atoms with Gasteiger partial charge in [-0.2, -0.15) is 0 Å². The molecule has 1 atom stereocenters. The first-order valence-electron chi connectivity index (χ1n) is 6.13. The number of hydrogen-bond donors (Lipinski definition) is 1. The van der Waals surface area contributed by atoms with E-state index in [9.17, 15) is 4.79 Å². The highest BCUT2D eigenvalue weighted by Gasteiger charge is 2.46. The maximum Gasteiger partial charge on any atom is 0.543 e. The van der Waals surface area contributed by atoms with Gasteiger partial charge in [0.05, 0.1) is 6.04 Å². The minimum atomic E-state index is -2.95. The highest BCUT2D eigenvalue weighted by atomic mass is 28.5. The van der Waals surface area contributed by atoms with Gasteiger partial charge in [0.15, 0.2) is 16.6 Å². The highest BCUT2D eigenvalue weighted by molar-refractivity contribution is 6.85. The number of carbonyl (C=O) groups excluding carboxylic acids is 1. The van der Waals surface area contributed by atoms with Gasteiger partial charge in [0.25, 0.3) is 0 Å². The molecule has 0 aromatic carbocycles. The van der Waals surface area contributed by atoms with Crippen LogP contribution >= 0.6 is 0 Å². The molecule has 0 aromatic heterocycles. The smallest absolute Gasteiger partial charge is 0.473 e. The second-order valence-corrected chi connectivity index (χ2v) is 18.5. The van der Waals surface area contributed by atoms with Gasteiger partial charge in [-0.3, -0.25) is 4.79 Å². The average molecular weight is 310 g/mol. The summed E-state index contributed by atoms with van der Waals surface area (Å²) in [6, 6.07) is -0.660. The summed E-state index contributed by atoms with van der Waals surface area (Å²) >= 11 is 0. The molecule has 0 aliphatic rings. The SMILES string of the molecule is C[C@H](N)C(=O)O[Si](C)(O[Si](C)(C)C)O[Si](C)(C)C. The fraction of sp³-hybridized carbons (Fsp3) is 0.900.